The summed E-state index contributed by atoms with van der Waals surface area (Å²) in [6, 6.07) is 0.739. The van der Waals surface area contributed by atoms with E-state index in [4.69, 9.17) is 5.11 Å². The predicted molar refractivity (Wildman–Crippen MR) is 73.1 cm³/mol. The number of hydrogen-bond acceptors (Lipinski definition) is 4. The Morgan fingerprint density at radius 2 is 2.00 bits per heavy atom. The number of nitrogens with one attached hydrogen (secondary N) is 1. The number of benzene rings is 1. The molecule has 0 amide bonds. The van der Waals surface area contributed by atoms with Gasteiger partial charge in [0, 0.05) is 23.4 Å². The molecule has 3 N–H and O–H groups in total. The number of aliphatic hydroxyl groups excluding tert-OH is 1. The number of aryl methyl sites for hydroxylation is 2. The third kappa shape index (κ3) is 2.01. The number of aromatic hydroxyl groups is 1. The molecule has 0 spiro atoms. The number of hydrogen-bond donors (Lipinski definition) is 3. The maximum Gasteiger partial charge on any atom is 0.173 e. The summed E-state index contributed by atoms with van der Waals surface area (Å²) in [7, 11) is 0. The molecule has 0 saturated carbocycles. The third-order valence-electron chi connectivity index (χ3n) is 3.48. The number of pyridine rings is 1. The van der Waals surface area contributed by atoms with Crippen molar-refractivity contribution in [2.75, 3.05) is 6.61 Å². The van der Waals surface area contributed by atoms with E-state index in [0.717, 1.165) is 6.07 Å². The maximum absolute atomic E-state index is 14.3. The topological polar surface area (TPSA) is 82.0 Å². The molecule has 3 aromatic rings. The molecule has 0 unspecified atom stereocenters. The van der Waals surface area contributed by atoms with Gasteiger partial charge in [-0.15, -0.1) is 0 Å². The number of fused-ring (bicyclic) bond motifs is 3. The fourth-order valence-corrected chi connectivity index (χ4v) is 2.55. The molecule has 21 heavy (non-hydrogen) atoms. The lowest BCUT2D eigenvalue weighted by atomic mass is 10.0. The largest absolute Gasteiger partial charge is 0.505 e. The Morgan fingerprint density at radius 1 is 1.24 bits per heavy atom. The molecule has 2 heterocycles. The second-order valence-electron chi connectivity index (χ2n) is 4.86. The molecular weight excluding hydrogens is 280 g/mol. The van der Waals surface area contributed by atoms with Crippen LogP contribution in [0.2, 0.25) is 0 Å². The normalized spacial score (nSPS) is 11.6. The van der Waals surface area contributed by atoms with Crippen molar-refractivity contribution in [1.29, 1.82) is 0 Å². The monoisotopic (exact) mass is 293 g/mol. The van der Waals surface area contributed by atoms with Crippen molar-refractivity contribution in [3.63, 3.8) is 0 Å². The number of phenols is 1. The molecule has 0 aliphatic carbocycles. The Labute approximate surface area is 118 Å². The molecule has 0 fully saturated rings. The molecule has 0 aliphatic rings. The first-order chi connectivity index (χ1) is 10.0. The van der Waals surface area contributed by atoms with Gasteiger partial charge in [0.2, 0.25) is 0 Å². The molecule has 2 aromatic heterocycles. The van der Waals surface area contributed by atoms with Crippen molar-refractivity contribution in [3.05, 3.63) is 29.1 Å². The Hall–Kier alpha value is -2.28. The highest BCUT2D eigenvalue weighted by molar-refractivity contribution is 6.08. The van der Waals surface area contributed by atoms with Gasteiger partial charge in [-0.3, -0.25) is 5.10 Å². The van der Waals surface area contributed by atoms with Crippen LogP contribution in [0, 0.1) is 18.6 Å². The smallest absolute Gasteiger partial charge is 0.173 e. The van der Waals surface area contributed by atoms with E-state index in [0.29, 0.717) is 35.3 Å². The standard InChI is InChI=1S/C14H13F2N3O2/c1-6-10-12-11(7(15)5-9(21)13(12)16)8(3-2-4-20)17-14(10)19-18-6/h5,20-21H,2-4H2,1H3,(H,17,18,19). The average Bonchev–Trinajstić information content (AvgIpc) is 2.82. The van der Waals surface area contributed by atoms with E-state index in [1.807, 2.05) is 0 Å². The molecular formula is C14H13F2N3O2. The van der Waals surface area contributed by atoms with Gasteiger partial charge in [-0.2, -0.15) is 5.10 Å². The van der Waals surface area contributed by atoms with Gasteiger partial charge in [0.1, 0.15) is 5.82 Å². The molecule has 7 heteroatoms. The van der Waals surface area contributed by atoms with Gasteiger partial charge in [0.15, 0.2) is 17.2 Å². The molecule has 0 radical (unpaired) electrons. The minimum Gasteiger partial charge on any atom is -0.505 e. The Balaban J connectivity index is 2.50. The minimum atomic E-state index is -0.895. The molecule has 110 valence electrons. The van der Waals surface area contributed by atoms with E-state index in [2.05, 4.69) is 15.2 Å². The maximum atomic E-state index is 14.3. The Bertz CT molecular complexity index is 845. The highest BCUT2D eigenvalue weighted by Crippen LogP contribution is 2.35. The summed E-state index contributed by atoms with van der Waals surface area (Å²) in [6.07, 6.45) is 0.671. The van der Waals surface area contributed by atoms with E-state index in [-0.39, 0.29) is 17.4 Å². The van der Waals surface area contributed by atoms with Gasteiger partial charge in [-0.1, -0.05) is 0 Å². The van der Waals surface area contributed by atoms with Crippen molar-refractivity contribution in [2.24, 2.45) is 0 Å². The van der Waals surface area contributed by atoms with E-state index < -0.39 is 17.4 Å². The highest BCUT2D eigenvalue weighted by Gasteiger charge is 2.21. The lowest BCUT2D eigenvalue weighted by Crippen LogP contribution is -2.00. The summed E-state index contributed by atoms with van der Waals surface area (Å²) in [5.41, 5.74) is 1.13. The molecule has 3 rings (SSSR count). The number of phenolic OH excluding ortho intramolecular Hbond substituents is 1. The molecule has 0 aliphatic heterocycles. The molecule has 0 atom stereocenters. The second-order valence-corrected chi connectivity index (χ2v) is 4.86. The zero-order valence-corrected chi connectivity index (χ0v) is 11.2. The van der Waals surface area contributed by atoms with Crippen LogP contribution in [0.1, 0.15) is 17.8 Å². The van der Waals surface area contributed by atoms with Crippen LogP contribution in [0.3, 0.4) is 0 Å². The number of H-pyrrole nitrogens is 1. The number of aromatic amines is 1. The SMILES string of the molecule is Cc1n[nH]c2nc(CCCO)c3c(F)cc(O)c(F)c3c12. The third-order valence-corrected chi connectivity index (χ3v) is 3.48. The van der Waals surface area contributed by atoms with E-state index in [1.165, 1.54) is 0 Å². The fourth-order valence-electron chi connectivity index (χ4n) is 2.55. The van der Waals surface area contributed by atoms with Crippen LogP contribution in [0.5, 0.6) is 5.75 Å². The lowest BCUT2D eigenvalue weighted by Gasteiger charge is -2.10. The minimum absolute atomic E-state index is 0.0238. The van der Waals surface area contributed by atoms with Gasteiger partial charge in [-0.25, -0.2) is 13.8 Å². The average molecular weight is 293 g/mol. The van der Waals surface area contributed by atoms with Crippen LogP contribution in [0.4, 0.5) is 8.78 Å². The van der Waals surface area contributed by atoms with Crippen LogP contribution in [0.25, 0.3) is 21.8 Å². The van der Waals surface area contributed by atoms with Crippen molar-refractivity contribution in [2.45, 2.75) is 19.8 Å². The summed E-state index contributed by atoms with van der Waals surface area (Å²) >= 11 is 0. The molecule has 1 aromatic carbocycles. The number of aliphatic hydroxyl groups is 1. The van der Waals surface area contributed by atoms with Gasteiger partial charge in [0.25, 0.3) is 0 Å². The van der Waals surface area contributed by atoms with Crippen molar-refractivity contribution in [3.8, 4) is 5.75 Å². The fraction of sp³-hybridized carbons (Fsp3) is 0.286. The summed E-state index contributed by atoms with van der Waals surface area (Å²) in [4.78, 5) is 4.28. The van der Waals surface area contributed by atoms with Crippen molar-refractivity contribution < 1.29 is 19.0 Å². The van der Waals surface area contributed by atoms with Gasteiger partial charge in [-0.05, 0) is 19.8 Å². The molecule has 0 saturated heterocycles. The van der Waals surface area contributed by atoms with Crippen molar-refractivity contribution >= 4 is 21.8 Å². The summed E-state index contributed by atoms with van der Waals surface area (Å²) < 4.78 is 28.6. The Morgan fingerprint density at radius 3 is 2.71 bits per heavy atom. The zero-order chi connectivity index (χ0) is 15.1. The summed E-state index contributed by atoms with van der Waals surface area (Å²) in [5.74, 6) is -2.39. The lowest BCUT2D eigenvalue weighted by molar-refractivity contribution is 0.288. The molecule has 0 bridgehead atoms. The number of rotatable bonds is 3. The van der Waals surface area contributed by atoms with Gasteiger partial charge < -0.3 is 10.2 Å². The summed E-state index contributed by atoms with van der Waals surface area (Å²) in [5, 5.41) is 25.4. The quantitative estimate of drug-likeness (QED) is 0.692. The van der Waals surface area contributed by atoms with Crippen molar-refractivity contribution in [1.82, 2.24) is 15.2 Å². The zero-order valence-electron chi connectivity index (χ0n) is 11.2. The van der Waals surface area contributed by atoms with E-state index in [9.17, 15) is 13.9 Å². The van der Waals surface area contributed by atoms with Crippen LogP contribution >= 0.6 is 0 Å². The van der Waals surface area contributed by atoms with Crippen LogP contribution in [-0.4, -0.2) is 32.0 Å². The van der Waals surface area contributed by atoms with Gasteiger partial charge >= 0.3 is 0 Å². The van der Waals surface area contributed by atoms with Crippen LogP contribution in [-0.2, 0) is 6.42 Å². The predicted octanol–water partition coefficient (Wildman–Crippen LogP) is 2.33. The molecule has 5 nitrogen and oxygen atoms in total. The second kappa shape index (κ2) is 4.92. The van der Waals surface area contributed by atoms with Crippen LogP contribution < -0.4 is 0 Å². The first-order valence-electron chi connectivity index (χ1n) is 6.49. The number of aromatic nitrogens is 3. The first-order valence-corrected chi connectivity index (χ1v) is 6.49. The Kier molecular flexibility index (Phi) is 3.21. The number of halogens is 2. The van der Waals surface area contributed by atoms with Crippen LogP contribution in [0.15, 0.2) is 6.07 Å². The number of nitrogens with zero attached hydrogens (tertiary/aromatic N) is 2. The van der Waals surface area contributed by atoms with E-state index >= 15 is 0 Å². The summed E-state index contributed by atoms with van der Waals surface area (Å²) in [6.45, 7) is 1.57. The first kappa shape index (κ1) is 13.7. The van der Waals surface area contributed by atoms with Gasteiger partial charge in [0.05, 0.1) is 16.8 Å². The highest BCUT2D eigenvalue weighted by atomic mass is 19.1. The van der Waals surface area contributed by atoms with E-state index in [1.54, 1.807) is 6.92 Å².